The molecular weight excluding hydrogens is 336 g/mol. The number of halogens is 3. The summed E-state index contributed by atoms with van der Waals surface area (Å²) in [5.74, 6) is -1.76. The third kappa shape index (κ3) is 4.45. The van der Waals surface area contributed by atoms with Crippen molar-refractivity contribution in [3.05, 3.63) is 64.7 Å². The molecule has 0 saturated heterocycles. The van der Waals surface area contributed by atoms with E-state index in [2.05, 4.69) is 5.32 Å². The molecule has 2 rings (SSSR count). The monoisotopic (exact) mass is 353 g/mol. The molecule has 2 aromatic rings. The number of hydrogen-bond donors (Lipinski definition) is 1. The Morgan fingerprint density at radius 1 is 1.12 bits per heavy atom. The van der Waals surface area contributed by atoms with Crippen LogP contribution in [0.5, 0.6) is 5.75 Å². The summed E-state index contributed by atoms with van der Waals surface area (Å²) in [4.78, 5) is 12.4. The number of amides is 1. The Labute approximate surface area is 144 Å². The minimum absolute atomic E-state index is 0.380. The molecule has 0 aromatic heterocycles. The van der Waals surface area contributed by atoms with E-state index in [1.807, 2.05) is 0 Å². The van der Waals surface area contributed by atoms with Crippen molar-refractivity contribution < 1.29 is 18.3 Å². The van der Waals surface area contributed by atoms with E-state index in [0.717, 1.165) is 12.1 Å². The van der Waals surface area contributed by atoms with Crippen LogP contribution in [-0.2, 0) is 4.79 Å². The highest BCUT2D eigenvalue weighted by Crippen LogP contribution is 2.22. The molecule has 3 nitrogen and oxygen atoms in total. The summed E-state index contributed by atoms with van der Waals surface area (Å²) < 4.78 is 32.0. The Morgan fingerprint density at radius 2 is 1.75 bits per heavy atom. The van der Waals surface area contributed by atoms with Gasteiger partial charge in [-0.15, -0.1) is 0 Å². The van der Waals surface area contributed by atoms with Crippen LogP contribution in [0.1, 0.15) is 32.4 Å². The van der Waals surface area contributed by atoms with Crippen LogP contribution in [0.4, 0.5) is 8.78 Å². The molecule has 1 atom stereocenters. The molecule has 0 fully saturated rings. The van der Waals surface area contributed by atoms with Gasteiger partial charge in [0, 0.05) is 5.02 Å². The topological polar surface area (TPSA) is 38.3 Å². The molecule has 0 aliphatic rings. The zero-order valence-corrected chi connectivity index (χ0v) is 14.3. The van der Waals surface area contributed by atoms with E-state index in [-0.39, 0.29) is 5.91 Å². The number of nitrogens with one attached hydrogen (secondary N) is 1. The maximum absolute atomic E-state index is 13.3. The fourth-order valence-electron chi connectivity index (χ4n) is 2.08. The number of rotatable bonds is 5. The van der Waals surface area contributed by atoms with Gasteiger partial charge in [0.15, 0.2) is 17.2 Å². The maximum Gasteiger partial charge on any atom is 0.264 e. The molecule has 0 aliphatic carbocycles. The van der Waals surface area contributed by atoms with Crippen LogP contribution in [0.2, 0.25) is 5.02 Å². The van der Waals surface area contributed by atoms with Gasteiger partial charge in [0.25, 0.3) is 5.91 Å². The van der Waals surface area contributed by atoms with Crippen LogP contribution < -0.4 is 10.1 Å². The van der Waals surface area contributed by atoms with Gasteiger partial charge in [-0.2, -0.15) is 0 Å². The van der Waals surface area contributed by atoms with Crippen LogP contribution in [0.15, 0.2) is 42.5 Å². The number of carbonyl (C=O) groups is 1. The predicted octanol–water partition coefficient (Wildman–Crippen LogP) is 4.65. The lowest BCUT2D eigenvalue weighted by molar-refractivity contribution is -0.134. The van der Waals surface area contributed by atoms with Crippen molar-refractivity contribution in [1.29, 1.82) is 0 Å². The predicted molar refractivity (Wildman–Crippen MR) is 89.1 cm³/mol. The third-order valence-corrected chi connectivity index (χ3v) is 3.78. The van der Waals surface area contributed by atoms with Crippen LogP contribution in [0, 0.1) is 11.6 Å². The van der Waals surface area contributed by atoms with Crippen molar-refractivity contribution in [1.82, 2.24) is 5.32 Å². The first-order valence-corrected chi connectivity index (χ1v) is 7.77. The normalized spacial score (nSPS) is 12.6. The van der Waals surface area contributed by atoms with Gasteiger partial charge in [0.2, 0.25) is 0 Å². The highest BCUT2D eigenvalue weighted by Gasteiger charge is 2.31. The summed E-state index contributed by atoms with van der Waals surface area (Å²) in [6.45, 7) is 4.92. The second-order valence-electron chi connectivity index (χ2n) is 5.93. The van der Waals surface area contributed by atoms with E-state index in [4.69, 9.17) is 16.3 Å². The summed E-state index contributed by atoms with van der Waals surface area (Å²) in [5, 5.41) is 3.30. The molecule has 6 heteroatoms. The molecule has 0 bridgehead atoms. The van der Waals surface area contributed by atoms with Gasteiger partial charge in [0.1, 0.15) is 5.75 Å². The molecule has 0 radical (unpaired) electrons. The van der Waals surface area contributed by atoms with Crippen molar-refractivity contribution >= 4 is 17.5 Å². The first kappa shape index (κ1) is 18.2. The smallest absolute Gasteiger partial charge is 0.264 e. The maximum atomic E-state index is 13.3. The van der Waals surface area contributed by atoms with Crippen LogP contribution in [0.3, 0.4) is 0 Å². The average molecular weight is 354 g/mol. The van der Waals surface area contributed by atoms with Crippen molar-refractivity contribution in [2.75, 3.05) is 0 Å². The second-order valence-corrected chi connectivity index (χ2v) is 6.37. The molecule has 0 spiro atoms. The van der Waals surface area contributed by atoms with Crippen LogP contribution in [0.25, 0.3) is 0 Å². The lowest BCUT2D eigenvalue weighted by Gasteiger charge is -2.27. The minimum Gasteiger partial charge on any atom is -0.478 e. The second kappa shape index (κ2) is 7.18. The van der Waals surface area contributed by atoms with E-state index in [1.54, 1.807) is 45.0 Å². The fourth-order valence-corrected chi connectivity index (χ4v) is 2.21. The zero-order chi connectivity index (χ0) is 17.9. The van der Waals surface area contributed by atoms with Gasteiger partial charge in [-0.05, 0) is 62.7 Å². The van der Waals surface area contributed by atoms with Gasteiger partial charge in [-0.3, -0.25) is 4.79 Å². The first-order valence-electron chi connectivity index (χ1n) is 7.39. The Morgan fingerprint density at radius 3 is 2.33 bits per heavy atom. The van der Waals surface area contributed by atoms with E-state index in [9.17, 15) is 13.6 Å². The quantitative estimate of drug-likeness (QED) is 0.849. The molecular formula is C18H18ClF2NO2. The summed E-state index contributed by atoms with van der Waals surface area (Å²) in [7, 11) is 0. The average Bonchev–Trinajstić information content (AvgIpc) is 2.52. The van der Waals surface area contributed by atoms with Crippen molar-refractivity contribution in [2.45, 2.75) is 32.4 Å². The van der Waals surface area contributed by atoms with Crippen molar-refractivity contribution in [3.8, 4) is 5.75 Å². The molecule has 2 aromatic carbocycles. The van der Waals surface area contributed by atoms with E-state index in [1.165, 1.54) is 6.07 Å². The highest BCUT2D eigenvalue weighted by molar-refractivity contribution is 6.30. The molecule has 1 unspecified atom stereocenters. The van der Waals surface area contributed by atoms with E-state index in [0.29, 0.717) is 16.3 Å². The van der Waals surface area contributed by atoms with Gasteiger partial charge < -0.3 is 10.1 Å². The zero-order valence-electron chi connectivity index (χ0n) is 13.6. The number of carbonyl (C=O) groups excluding carboxylic acids is 1. The molecule has 1 N–H and O–H groups in total. The van der Waals surface area contributed by atoms with Crippen LogP contribution in [-0.4, -0.2) is 11.5 Å². The van der Waals surface area contributed by atoms with E-state index < -0.39 is 23.3 Å². The molecule has 0 aliphatic heterocycles. The van der Waals surface area contributed by atoms with Crippen molar-refractivity contribution in [3.63, 3.8) is 0 Å². The van der Waals surface area contributed by atoms with Gasteiger partial charge in [-0.25, -0.2) is 8.78 Å². The lowest BCUT2D eigenvalue weighted by atomic mass is 10.0. The number of hydrogen-bond acceptors (Lipinski definition) is 2. The summed E-state index contributed by atoms with van der Waals surface area (Å²) in [6, 6.07) is 9.67. The number of ether oxygens (including phenoxy) is 1. The molecule has 1 amide bonds. The van der Waals surface area contributed by atoms with Crippen LogP contribution >= 0.6 is 11.6 Å². The highest BCUT2D eigenvalue weighted by atomic mass is 35.5. The Kier molecular flexibility index (Phi) is 5.44. The largest absolute Gasteiger partial charge is 0.478 e. The standard InChI is InChI=1S/C18H18ClF2NO2/c1-11(12-4-9-15(20)16(21)10-12)22-17(23)18(2,3)24-14-7-5-13(19)6-8-14/h4-11H,1-3H3,(H,22,23). The summed E-state index contributed by atoms with van der Waals surface area (Å²) in [6.07, 6.45) is 0. The SMILES string of the molecule is CC(NC(=O)C(C)(C)Oc1ccc(Cl)cc1)c1ccc(F)c(F)c1. The Balaban J connectivity index is 2.06. The molecule has 0 saturated carbocycles. The Bertz CT molecular complexity index is 732. The lowest BCUT2D eigenvalue weighted by Crippen LogP contribution is -2.47. The van der Waals surface area contributed by atoms with E-state index >= 15 is 0 Å². The van der Waals surface area contributed by atoms with Crippen molar-refractivity contribution in [2.24, 2.45) is 0 Å². The minimum atomic E-state index is -1.15. The van der Waals surface area contributed by atoms with Gasteiger partial charge in [0.05, 0.1) is 6.04 Å². The third-order valence-electron chi connectivity index (χ3n) is 3.52. The number of benzene rings is 2. The first-order chi connectivity index (χ1) is 11.2. The van der Waals surface area contributed by atoms with Gasteiger partial charge in [-0.1, -0.05) is 17.7 Å². The fraction of sp³-hybridized carbons (Fsp3) is 0.278. The summed E-state index contributed by atoms with van der Waals surface area (Å²) in [5.41, 5.74) is -0.690. The molecule has 24 heavy (non-hydrogen) atoms. The summed E-state index contributed by atoms with van der Waals surface area (Å²) >= 11 is 5.81. The van der Waals surface area contributed by atoms with Gasteiger partial charge >= 0.3 is 0 Å². The Hall–Kier alpha value is -2.14. The molecule has 128 valence electrons. The molecule has 0 heterocycles.